The van der Waals surface area contributed by atoms with E-state index in [-0.39, 0.29) is 23.3 Å². The smallest absolute Gasteiger partial charge is 0.331 e. The van der Waals surface area contributed by atoms with Gasteiger partial charge in [0.1, 0.15) is 12.4 Å². The Morgan fingerprint density at radius 3 is 2.45 bits per heavy atom. The molecule has 160 valence electrons. The zero-order valence-corrected chi connectivity index (χ0v) is 17.4. The highest BCUT2D eigenvalue weighted by Crippen LogP contribution is 2.62. The van der Waals surface area contributed by atoms with Gasteiger partial charge in [0.2, 0.25) is 0 Å². The van der Waals surface area contributed by atoms with Crippen molar-refractivity contribution < 1.29 is 34.1 Å². The first-order chi connectivity index (χ1) is 13.5. The molecule has 2 aliphatic carbocycles. The number of carboxylic acids is 2. The maximum absolute atomic E-state index is 12.1. The molecule has 0 aliphatic heterocycles. The number of carbonyl (C=O) groups excluding carboxylic acids is 2. The standard InChI is InChI=1S/C22H30O7/c1-13-11-16(29-14(2)24)12-18-21(13,3)9-6-17(20(27)28)22(18,4)8-5-15(7-10-23)19(25)26/h7,10-11,16-18H,5-6,8-9,12H2,1-4H3,(H,25,26)(H,27,28)/b15-7-/t16-,17-,18-,21-,22-/m0/s1. The van der Waals surface area contributed by atoms with Gasteiger partial charge in [-0.2, -0.15) is 0 Å². The van der Waals surface area contributed by atoms with E-state index in [4.69, 9.17) is 4.74 Å². The Morgan fingerprint density at radius 1 is 1.28 bits per heavy atom. The summed E-state index contributed by atoms with van der Waals surface area (Å²) in [4.78, 5) is 45.9. The monoisotopic (exact) mass is 406 g/mol. The van der Waals surface area contributed by atoms with Gasteiger partial charge in [-0.15, -0.1) is 0 Å². The Labute approximate surface area is 170 Å². The van der Waals surface area contributed by atoms with Gasteiger partial charge in [-0.3, -0.25) is 14.4 Å². The van der Waals surface area contributed by atoms with Gasteiger partial charge in [0.05, 0.1) is 5.92 Å². The van der Waals surface area contributed by atoms with Crippen molar-refractivity contribution >= 4 is 24.2 Å². The molecule has 0 heterocycles. The van der Waals surface area contributed by atoms with Crippen LogP contribution in [0.25, 0.3) is 0 Å². The summed E-state index contributed by atoms with van der Waals surface area (Å²) in [6.07, 6.45) is 5.09. The highest BCUT2D eigenvalue weighted by Gasteiger charge is 2.57. The Bertz CT molecular complexity index is 765. The molecule has 0 saturated heterocycles. The number of ether oxygens (including phenoxy) is 1. The summed E-state index contributed by atoms with van der Waals surface area (Å²) in [6, 6.07) is 0. The van der Waals surface area contributed by atoms with Crippen LogP contribution in [0.3, 0.4) is 0 Å². The number of aliphatic carboxylic acids is 2. The van der Waals surface area contributed by atoms with Crippen molar-refractivity contribution in [3.05, 3.63) is 23.3 Å². The van der Waals surface area contributed by atoms with Crippen LogP contribution < -0.4 is 0 Å². The van der Waals surface area contributed by atoms with E-state index in [1.165, 1.54) is 6.92 Å². The fourth-order valence-corrected chi connectivity index (χ4v) is 5.49. The van der Waals surface area contributed by atoms with Gasteiger partial charge in [-0.25, -0.2) is 4.79 Å². The number of allylic oxidation sites excluding steroid dienone is 2. The van der Waals surface area contributed by atoms with Crippen molar-refractivity contribution in [3.8, 4) is 0 Å². The second-order valence-electron chi connectivity index (χ2n) is 8.77. The van der Waals surface area contributed by atoms with E-state index in [9.17, 15) is 29.4 Å². The lowest BCUT2D eigenvalue weighted by Gasteiger charge is -2.58. The number of carbonyl (C=O) groups is 4. The SMILES string of the molecule is CC(=O)O[C@H]1C=C(C)[C@]2(C)CC[C@@H](C(=O)O)[C@](C)(CC/C(=C/C=O)C(=O)O)[C@H]2C1. The van der Waals surface area contributed by atoms with Crippen LogP contribution >= 0.6 is 0 Å². The van der Waals surface area contributed by atoms with Crippen molar-refractivity contribution in [1.29, 1.82) is 0 Å². The van der Waals surface area contributed by atoms with Gasteiger partial charge in [-0.05, 0) is 67.9 Å². The number of rotatable bonds is 7. The predicted molar refractivity (Wildman–Crippen MR) is 105 cm³/mol. The molecule has 0 aromatic heterocycles. The summed E-state index contributed by atoms with van der Waals surface area (Å²) in [5.41, 5.74) is 0.0634. The summed E-state index contributed by atoms with van der Waals surface area (Å²) in [5.74, 6) is -3.22. The summed E-state index contributed by atoms with van der Waals surface area (Å²) >= 11 is 0. The molecule has 0 radical (unpaired) electrons. The summed E-state index contributed by atoms with van der Waals surface area (Å²) in [7, 11) is 0. The molecular weight excluding hydrogens is 376 g/mol. The van der Waals surface area contributed by atoms with Crippen LogP contribution in [0.1, 0.15) is 59.8 Å². The van der Waals surface area contributed by atoms with Crippen LogP contribution in [0.5, 0.6) is 0 Å². The quantitative estimate of drug-likeness (QED) is 0.288. The number of hydrogen-bond donors (Lipinski definition) is 2. The minimum absolute atomic E-state index is 0.0303. The van der Waals surface area contributed by atoms with Gasteiger partial charge < -0.3 is 14.9 Å². The second-order valence-corrected chi connectivity index (χ2v) is 8.77. The van der Waals surface area contributed by atoms with Crippen LogP contribution in [0.4, 0.5) is 0 Å². The molecule has 2 aliphatic rings. The molecule has 29 heavy (non-hydrogen) atoms. The fourth-order valence-electron chi connectivity index (χ4n) is 5.49. The lowest BCUT2D eigenvalue weighted by Crippen LogP contribution is -2.54. The lowest BCUT2D eigenvalue weighted by atomic mass is 9.46. The van der Waals surface area contributed by atoms with E-state index in [0.29, 0.717) is 32.0 Å². The van der Waals surface area contributed by atoms with E-state index in [1.54, 1.807) is 0 Å². The maximum Gasteiger partial charge on any atom is 0.331 e. The Hall–Kier alpha value is -2.44. The highest BCUT2D eigenvalue weighted by atomic mass is 16.5. The molecule has 7 heteroatoms. The Kier molecular flexibility index (Phi) is 6.71. The van der Waals surface area contributed by atoms with Crippen LogP contribution in [0.15, 0.2) is 23.3 Å². The summed E-state index contributed by atoms with van der Waals surface area (Å²) in [6.45, 7) is 7.35. The highest BCUT2D eigenvalue weighted by molar-refractivity contribution is 5.91. The van der Waals surface area contributed by atoms with Crippen molar-refractivity contribution in [2.75, 3.05) is 0 Å². The topological polar surface area (TPSA) is 118 Å². The number of carboxylic acid groups (broad SMARTS) is 2. The number of esters is 1. The first-order valence-corrected chi connectivity index (χ1v) is 9.92. The van der Waals surface area contributed by atoms with E-state index in [2.05, 4.69) is 6.92 Å². The zero-order chi connectivity index (χ0) is 22.0. The molecule has 2 rings (SSSR count). The molecule has 0 spiro atoms. The maximum atomic E-state index is 12.1. The van der Waals surface area contributed by atoms with Crippen LogP contribution in [0.2, 0.25) is 0 Å². The van der Waals surface area contributed by atoms with Gasteiger partial charge >= 0.3 is 17.9 Å². The first-order valence-electron chi connectivity index (χ1n) is 9.92. The molecule has 7 nitrogen and oxygen atoms in total. The molecule has 2 N–H and O–H groups in total. The van der Waals surface area contributed by atoms with Crippen molar-refractivity contribution in [3.63, 3.8) is 0 Å². The normalized spacial score (nSPS) is 34.6. The third-order valence-corrected chi connectivity index (χ3v) is 7.21. The minimum Gasteiger partial charge on any atom is -0.481 e. The number of hydrogen-bond acceptors (Lipinski definition) is 5. The molecule has 1 fully saturated rings. The number of aldehydes is 1. The molecule has 0 amide bonds. The fraction of sp³-hybridized carbons (Fsp3) is 0.636. The van der Waals surface area contributed by atoms with E-state index in [0.717, 1.165) is 11.6 Å². The average Bonchev–Trinajstić information content (AvgIpc) is 2.60. The largest absolute Gasteiger partial charge is 0.481 e. The van der Waals surface area contributed by atoms with Gasteiger partial charge in [0.15, 0.2) is 0 Å². The van der Waals surface area contributed by atoms with Crippen LogP contribution in [-0.4, -0.2) is 40.5 Å². The zero-order valence-electron chi connectivity index (χ0n) is 17.4. The number of fused-ring (bicyclic) bond motifs is 1. The van der Waals surface area contributed by atoms with Crippen molar-refractivity contribution in [2.45, 2.75) is 65.9 Å². The second kappa shape index (κ2) is 8.51. The molecule has 1 saturated carbocycles. The molecule has 0 unspecified atom stereocenters. The van der Waals surface area contributed by atoms with Crippen molar-refractivity contribution in [1.82, 2.24) is 0 Å². The molecule has 0 bridgehead atoms. The summed E-state index contributed by atoms with van der Waals surface area (Å²) < 4.78 is 5.43. The first kappa shape index (κ1) is 22.8. The molecule has 0 aromatic carbocycles. The van der Waals surface area contributed by atoms with Gasteiger partial charge in [-0.1, -0.05) is 19.4 Å². The van der Waals surface area contributed by atoms with E-state index >= 15 is 0 Å². The van der Waals surface area contributed by atoms with Crippen molar-refractivity contribution in [2.24, 2.45) is 22.7 Å². The third-order valence-electron chi connectivity index (χ3n) is 7.21. The molecule has 5 atom stereocenters. The van der Waals surface area contributed by atoms with Gasteiger partial charge in [0, 0.05) is 12.5 Å². The summed E-state index contributed by atoms with van der Waals surface area (Å²) in [5, 5.41) is 19.3. The Balaban J connectivity index is 2.45. The molecular formula is C22H30O7. The van der Waals surface area contributed by atoms with Crippen LogP contribution in [0, 0.1) is 22.7 Å². The van der Waals surface area contributed by atoms with E-state index in [1.807, 2.05) is 19.9 Å². The molecule has 0 aromatic rings. The lowest BCUT2D eigenvalue weighted by molar-refractivity contribution is -0.162. The minimum atomic E-state index is -1.18. The third kappa shape index (κ3) is 4.43. The van der Waals surface area contributed by atoms with E-state index < -0.39 is 35.3 Å². The van der Waals surface area contributed by atoms with Crippen LogP contribution in [-0.2, 0) is 23.9 Å². The van der Waals surface area contributed by atoms with Gasteiger partial charge in [0.25, 0.3) is 0 Å². The average molecular weight is 406 g/mol. The Morgan fingerprint density at radius 2 is 1.93 bits per heavy atom. The predicted octanol–water partition coefficient (Wildman–Crippen LogP) is 3.38.